The summed E-state index contributed by atoms with van der Waals surface area (Å²) in [6.45, 7) is 2.76. The molecule has 128 valence electrons. The van der Waals surface area contributed by atoms with Gasteiger partial charge in [-0.15, -0.1) is 0 Å². The molecular formula is C20H21N3OSe. The molecule has 2 aromatic rings. The standard InChI is InChI=1S/C20H21N3OSe/c1-4-22-18(14-15-10-12-16(13-11-15)21(2)3)19(24)23(20(22)25)17-8-6-5-7-9-17/h5-14H,4H2,1-3H3/b18-14+. The van der Waals surface area contributed by atoms with E-state index in [9.17, 15) is 4.79 Å². The summed E-state index contributed by atoms with van der Waals surface area (Å²) in [7, 11) is 4.03. The number of para-hydroxylation sites is 1. The Hall–Kier alpha value is -2.36. The van der Waals surface area contributed by atoms with Crippen LogP contribution in [0.3, 0.4) is 0 Å². The first-order valence-electron chi connectivity index (χ1n) is 8.23. The van der Waals surface area contributed by atoms with Crippen LogP contribution in [0.1, 0.15) is 12.5 Å². The number of nitrogens with zero attached hydrogens (tertiary/aromatic N) is 3. The van der Waals surface area contributed by atoms with Crippen LogP contribution >= 0.6 is 0 Å². The van der Waals surface area contributed by atoms with E-state index < -0.39 is 0 Å². The molecule has 0 radical (unpaired) electrons. The average Bonchev–Trinajstić information content (AvgIpc) is 2.86. The van der Waals surface area contributed by atoms with Gasteiger partial charge in [0.25, 0.3) is 0 Å². The van der Waals surface area contributed by atoms with Gasteiger partial charge in [0.1, 0.15) is 0 Å². The van der Waals surface area contributed by atoms with Crippen LogP contribution < -0.4 is 9.80 Å². The van der Waals surface area contributed by atoms with Crippen LogP contribution in [0.25, 0.3) is 6.08 Å². The Morgan fingerprint density at radius 3 is 2.24 bits per heavy atom. The number of carbonyl (C=O) groups excluding carboxylic acids is 1. The Kier molecular flexibility index (Phi) is 5.07. The van der Waals surface area contributed by atoms with E-state index in [-0.39, 0.29) is 5.91 Å². The van der Waals surface area contributed by atoms with Crippen LogP contribution in [0, 0.1) is 0 Å². The summed E-state index contributed by atoms with van der Waals surface area (Å²) in [6, 6.07) is 17.9. The molecule has 5 heteroatoms. The Balaban J connectivity index is 1.97. The zero-order valence-corrected chi connectivity index (χ0v) is 16.4. The van der Waals surface area contributed by atoms with Crippen molar-refractivity contribution < 1.29 is 4.79 Å². The van der Waals surface area contributed by atoms with Crippen molar-refractivity contribution in [3.05, 3.63) is 65.9 Å². The number of hydrogen-bond acceptors (Lipinski definition) is 3. The van der Waals surface area contributed by atoms with Gasteiger partial charge in [0.15, 0.2) is 0 Å². The minimum atomic E-state index is -0.0153. The van der Waals surface area contributed by atoms with E-state index in [0.717, 1.165) is 28.1 Å². The number of benzene rings is 2. The van der Waals surface area contributed by atoms with Crippen molar-refractivity contribution in [2.45, 2.75) is 6.92 Å². The van der Waals surface area contributed by atoms with Gasteiger partial charge in [0, 0.05) is 0 Å². The maximum absolute atomic E-state index is 13.0. The van der Waals surface area contributed by atoms with Crippen molar-refractivity contribution in [1.29, 1.82) is 0 Å². The maximum atomic E-state index is 13.0. The molecule has 1 aliphatic rings. The van der Waals surface area contributed by atoms with Gasteiger partial charge in [-0.05, 0) is 0 Å². The first-order valence-corrected chi connectivity index (χ1v) is 9.08. The molecule has 0 N–H and O–H groups in total. The Labute approximate surface area is 156 Å². The number of hydrogen-bond donors (Lipinski definition) is 0. The summed E-state index contributed by atoms with van der Waals surface area (Å²) < 4.78 is 0.815. The SMILES string of the molecule is CCN1C(=[Se])N(c2ccccc2)C(=O)/C1=C\c1ccc(N(C)C)cc1. The zero-order chi connectivity index (χ0) is 18.0. The summed E-state index contributed by atoms with van der Waals surface area (Å²) in [4.78, 5) is 18.8. The van der Waals surface area contributed by atoms with Crippen molar-refractivity contribution in [2.24, 2.45) is 0 Å². The number of carbonyl (C=O) groups is 1. The van der Waals surface area contributed by atoms with Gasteiger partial charge < -0.3 is 0 Å². The van der Waals surface area contributed by atoms with Gasteiger partial charge >= 0.3 is 157 Å². The Morgan fingerprint density at radius 1 is 1.04 bits per heavy atom. The van der Waals surface area contributed by atoms with E-state index in [1.807, 2.05) is 74.5 Å². The molecular weight excluding hydrogens is 377 g/mol. The van der Waals surface area contributed by atoms with Gasteiger partial charge in [0.2, 0.25) is 0 Å². The second-order valence-electron chi connectivity index (χ2n) is 6.02. The van der Waals surface area contributed by atoms with Gasteiger partial charge in [-0.3, -0.25) is 0 Å². The molecule has 4 nitrogen and oxygen atoms in total. The molecule has 0 saturated carbocycles. The molecule has 0 aliphatic carbocycles. The van der Waals surface area contributed by atoms with Crippen LogP contribution in [0.5, 0.6) is 0 Å². The fourth-order valence-electron chi connectivity index (χ4n) is 2.82. The molecule has 25 heavy (non-hydrogen) atoms. The van der Waals surface area contributed by atoms with Crippen molar-refractivity contribution >= 4 is 43.6 Å². The topological polar surface area (TPSA) is 26.8 Å². The second kappa shape index (κ2) is 7.26. The van der Waals surface area contributed by atoms with Crippen molar-refractivity contribution in [1.82, 2.24) is 4.90 Å². The molecule has 0 atom stereocenters. The van der Waals surface area contributed by atoms with Crippen molar-refractivity contribution in [3.8, 4) is 0 Å². The first kappa shape index (κ1) is 17.5. The predicted molar refractivity (Wildman–Crippen MR) is 106 cm³/mol. The molecule has 0 unspecified atom stereocenters. The summed E-state index contributed by atoms with van der Waals surface area (Å²) >= 11 is 3.06. The molecule has 1 amide bonds. The number of rotatable bonds is 4. The molecule has 0 aromatic heterocycles. The molecule has 1 aliphatic heterocycles. The zero-order valence-electron chi connectivity index (χ0n) is 14.6. The van der Waals surface area contributed by atoms with E-state index in [1.54, 1.807) is 4.90 Å². The fraction of sp³-hybridized carbons (Fsp3) is 0.200. The summed E-state index contributed by atoms with van der Waals surface area (Å²) in [5.41, 5.74) is 3.69. The van der Waals surface area contributed by atoms with Crippen LogP contribution in [0.4, 0.5) is 11.4 Å². The monoisotopic (exact) mass is 399 g/mol. The van der Waals surface area contributed by atoms with E-state index in [4.69, 9.17) is 0 Å². The van der Waals surface area contributed by atoms with E-state index >= 15 is 0 Å². The van der Waals surface area contributed by atoms with Gasteiger partial charge in [-0.1, -0.05) is 0 Å². The van der Waals surface area contributed by atoms with Crippen molar-refractivity contribution in [3.63, 3.8) is 0 Å². The van der Waals surface area contributed by atoms with Crippen molar-refractivity contribution in [2.75, 3.05) is 30.4 Å². The average molecular weight is 398 g/mol. The molecule has 2 aromatic carbocycles. The normalized spacial score (nSPS) is 16.0. The number of amides is 1. The number of likely N-dealkylation sites (N-methyl/N-ethyl adjacent to an activating group) is 1. The van der Waals surface area contributed by atoms with Crippen LogP contribution in [0.2, 0.25) is 0 Å². The first-order chi connectivity index (χ1) is 12.0. The molecule has 3 rings (SSSR count). The fourth-order valence-corrected chi connectivity index (χ4v) is 3.69. The molecule has 1 heterocycles. The summed E-state index contributed by atoms with van der Waals surface area (Å²) in [6.07, 6.45) is 1.95. The van der Waals surface area contributed by atoms with Gasteiger partial charge in [0.05, 0.1) is 0 Å². The summed E-state index contributed by atoms with van der Waals surface area (Å²) in [5.74, 6) is -0.0153. The minimum absolute atomic E-state index is 0.0153. The molecule has 1 fully saturated rings. The van der Waals surface area contributed by atoms with Crippen LogP contribution in [-0.2, 0) is 4.79 Å². The quantitative estimate of drug-likeness (QED) is 0.586. The third-order valence-electron chi connectivity index (χ3n) is 4.18. The Bertz CT molecular complexity index is 813. The third kappa shape index (κ3) is 3.39. The predicted octanol–water partition coefficient (Wildman–Crippen LogP) is 2.72. The molecule has 1 saturated heterocycles. The van der Waals surface area contributed by atoms with E-state index in [1.165, 1.54) is 0 Å². The third-order valence-corrected chi connectivity index (χ3v) is 5.02. The second-order valence-corrected chi connectivity index (χ2v) is 6.78. The van der Waals surface area contributed by atoms with E-state index in [0.29, 0.717) is 5.70 Å². The molecule has 0 spiro atoms. The van der Waals surface area contributed by atoms with Crippen LogP contribution in [0.15, 0.2) is 60.3 Å². The Morgan fingerprint density at radius 2 is 1.68 bits per heavy atom. The number of anilines is 2. The summed E-state index contributed by atoms with van der Waals surface area (Å²) in [5, 5.41) is 0. The molecule has 0 bridgehead atoms. The van der Waals surface area contributed by atoms with Gasteiger partial charge in [-0.2, -0.15) is 0 Å². The van der Waals surface area contributed by atoms with Gasteiger partial charge in [-0.25, -0.2) is 0 Å². The van der Waals surface area contributed by atoms with Crippen LogP contribution in [-0.4, -0.2) is 51.7 Å². The van der Waals surface area contributed by atoms with E-state index in [2.05, 4.69) is 32.6 Å².